The van der Waals surface area contributed by atoms with Crippen molar-refractivity contribution in [3.63, 3.8) is 0 Å². The lowest BCUT2D eigenvalue weighted by molar-refractivity contribution is -0.306. The van der Waals surface area contributed by atoms with Crippen LogP contribution in [0.4, 0.5) is 0 Å². The van der Waals surface area contributed by atoms with Gasteiger partial charge in [-0.05, 0) is 28.8 Å². The number of aliphatic hydroxyl groups is 1. The van der Waals surface area contributed by atoms with Crippen LogP contribution >= 0.6 is 22.6 Å². The first-order valence-electron chi connectivity index (χ1n) is 11.6. The molecule has 0 aliphatic carbocycles. The van der Waals surface area contributed by atoms with Gasteiger partial charge in [-0.1, -0.05) is 95.4 Å². The van der Waals surface area contributed by atoms with Crippen LogP contribution in [0.2, 0.25) is 0 Å². The van der Waals surface area contributed by atoms with Gasteiger partial charge in [0.25, 0.3) is 0 Å². The third-order valence-corrected chi connectivity index (χ3v) is 6.80. The van der Waals surface area contributed by atoms with Gasteiger partial charge in [-0.2, -0.15) is 0 Å². The normalized spacial score (nSPS) is 24.3. The van der Waals surface area contributed by atoms with Gasteiger partial charge in [-0.15, -0.1) is 0 Å². The van der Waals surface area contributed by atoms with E-state index in [1.807, 2.05) is 84.9 Å². The molecule has 1 N–H and O–H groups in total. The molecular weight excluding hydrogens is 559 g/mol. The average Bonchev–Trinajstić information content (AvgIpc) is 2.91. The summed E-state index contributed by atoms with van der Waals surface area (Å²) in [5.41, 5.74) is 3.05. The van der Waals surface area contributed by atoms with E-state index in [4.69, 9.17) is 23.7 Å². The Labute approximate surface area is 220 Å². The van der Waals surface area contributed by atoms with Crippen LogP contribution in [0.25, 0.3) is 0 Å². The van der Waals surface area contributed by atoms with Crippen LogP contribution in [0.1, 0.15) is 16.7 Å². The minimum atomic E-state index is -1.13. The Bertz CT molecular complexity index is 1000. The number of hydrogen-bond acceptors (Lipinski definition) is 6. The molecule has 1 aliphatic heterocycles. The van der Waals surface area contributed by atoms with E-state index in [2.05, 4.69) is 22.6 Å². The van der Waals surface area contributed by atoms with Crippen LogP contribution in [0, 0.1) is 0 Å². The fraction of sp³-hybridized carbons (Fsp3) is 0.357. The summed E-state index contributed by atoms with van der Waals surface area (Å²) in [6, 6.07) is 27.6. The molecule has 0 aromatic heterocycles. The molecule has 35 heavy (non-hydrogen) atoms. The number of methoxy groups -OCH3 is 1. The molecule has 1 saturated heterocycles. The Balaban J connectivity index is 1.52. The van der Waals surface area contributed by atoms with E-state index in [-0.39, 0.29) is 6.10 Å². The van der Waals surface area contributed by atoms with E-state index in [1.165, 1.54) is 0 Å². The number of ether oxygens (including phenoxy) is 5. The molecule has 0 saturated carbocycles. The highest BCUT2D eigenvalue weighted by atomic mass is 127. The van der Waals surface area contributed by atoms with Gasteiger partial charge in [0.2, 0.25) is 0 Å². The van der Waals surface area contributed by atoms with E-state index in [0.717, 1.165) is 22.4 Å². The van der Waals surface area contributed by atoms with Gasteiger partial charge >= 0.3 is 0 Å². The second kappa shape index (κ2) is 13.3. The minimum Gasteiger partial charge on any atom is -0.497 e. The van der Waals surface area contributed by atoms with Crippen molar-refractivity contribution in [1.82, 2.24) is 0 Å². The summed E-state index contributed by atoms with van der Waals surface area (Å²) in [4.78, 5) is 0. The van der Waals surface area contributed by atoms with Gasteiger partial charge in [0.05, 0.1) is 33.0 Å². The molecule has 0 spiro atoms. The molecule has 6 nitrogen and oxygen atoms in total. The highest BCUT2D eigenvalue weighted by Gasteiger charge is 2.47. The smallest absolute Gasteiger partial charge is 0.184 e. The molecule has 1 heterocycles. The summed E-state index contributed by atoms with van der Waals surface area (Å²) in [5.74, 6) is 0.776. The molecule has 7 heteroatoms. The monoisotopic (exact) mass is 590 g/mol. The van der Waals surface area contributed by atoms with Crippen molar-refractivity contribution in [2.75, 3.05) is 11.5 Å². The molecular formula is C28H31IO6. The first-order chi connectivity index (χ1) is 17.2. The first kappa shape index (κ1) is 26.1. The zero-order valence-electron chi connectivity index (χ0n) is 19.7. The maximum Gasteiger partial charge on any atom is 0.184 e. The quantitative estimate of drug-likeness (QED) is 0.253. The van der Waals surface area contributed by atoms with E-state index in [1.54, 1.807) is 7.11 Å². The van der Waals surface area contributed by atoms with Crippen molar-refractivity contribution in [3.05, 3.63) is 102 Å². The standard InChI is InChI=1S/C28H31IO6/c1-31-23-14-12-22(13-15-23)19-34-27-26(33-18-21-10-6-3-7-11-21)25(24(16-29)35-28(27)30)32-17-20-8-4-2-5-9-20/h2-15,24-28,30H,16-19H2,1H3/t24-,25-,26+,27-,28+/m1/s1. The molecule has 186 valence electrons. The molecule has 1 fully saturated rings. The lowest BCUT2D eigenvalue weighted by Crippen LogP contribution is -2.60. The molecule has 0 radical (unpaired) electrons. The molecule has 0 unspecified atom stereocenters. The van der Waals surface area contributed by atoms with E-state index in [0.29, 0.717) is 24.2 Å². The summed E-state index contributed by atoms with van der Waals surface area (Å²) >= 11 is 2.26. The summed E-state index contributed by atoms with van der Waals surface area (Å²) in [6.45, 7) is 1.08. The summed E-state index contributed by atoms with van der Waals surface area (Å²) in [5, 5.41) is 10.9. The van der Waals surface area contributed by atoms with Crippen LogP contribution in [0.15, 0.2) is 84.9 Å². The molecule has 0 amide bonds. The average molecular weight is 590 g/mol. The maximum absolute atomic E-state index is 10.9. The maximum atomic E-state index is 10.9. The number of alkyl halides is 1. The van der Waals surface area contributed by atoms with Crippen LogP contribution in [-0.2, 0) is 38.8 Å². The van der Waals surface area contributed by atoms with Crippen molar-refractivity contribution in [2.45, 2.75) is 50.5 Å². The topological polar surface area (TPSA) is 66.4 Å². The summed E-state index contributed by atoms with van der Waals surface area (Å²) < 4.78 is 30.8. The van der Waals surface area contributed by atoms with Gasteiger partial charge < -0.3 is 28.8 Å². The first-order valence-corrected chi connectivity index (χ1v) is 13.2. The molecule has 5 atom stereocenters. The Morgan fingerprint density at radius 1 is 0.686 bits per heavy atom. The van der Waals surface area contributed by atoms with Crippen molar-refractivity contribution < 1.29 is 28.8 Å². The summed E-state index contributed by atoms with van der Waals surface area (Å²) in [7, 11) is 1.63. The van der Waals surface area contributed by atoms with Gasteiger partial charge in [0.15, 0.2) is 6.29 Å². The van der Waals surface area contributed by atoms with Gasteiger partial charge in [-0.25, -0.2) is 0 Å². The van der Waals surface area contributed by atoms with Crippen molar-refractivity contribution in [3.8, 4) is 5.75 Å². The SMILES string of the molecule is COc1ccc(CO[C@@H]2[C@@H](OCc3ccccc3)[C@H](OCc3ccccc3)[C@@H](CI)O[C@@H]2O)cc1. The molecule has 0 bridgehead atoms. The van der Waals surface area contributed by atoms with Crippen LogP contribution in [0.5, 0.6) is 5.75 Å². The lowest BCUT2D eigenvalue weighted by Gasteiger charge is -2.44. The van der Waals surface area contributed by atoms with Gasteiger partial charge in [-0.3, -0.25) is 0 Å². The van der Waals surface area contributed by atoms with Crippen LogP contribution in [-0.4, -0.2) is 47.3 Å². The van der Waals surface area contributed by atoms with E-state index in [9.17, 15) is 5.11 Å². The second-order valence-electron chi connectivity index (χ2n) is 8.37. The fourth-order valence-corrected chi connectivity index (χ4v) is 4.74. The third kappa shape index (κ3) is 7.25. The third-order valence-electron chi connectivity index (χ3n) is 5.93. The lowest BCUT2D eigenvalue weighted by atomic mass is 9.98. The fourth-order valence-electron chi connectivity index (χ4n) is 4.04. The predicted octanol–water partition coefficient (Wildman–Crippen LogP) is 4.90. The number of rotatable bonds is 11. The van der Waals surface area contributed by atoms with E-state index < -0.39 is 24.6 Å². The summed E-state index contributed by atoms with van der Waals surface area (Å²) in [6.07, 6.45) is -3.14. The Hall–Kier alpha value is -2.01. The Kier molecular flexibility index (Phi) is 9.93. The molecule has 1 aliphatic rings. The van der Waals surface area contributed by atoms with Gasteiger partial charge in [0, 0.05) is 4.43 Å². The number of hydrogen-bond donors (Lipinski definition) is 1. The largest absolute Gasteiger partial charge is 0.497 e. The highest BCUT2D eigenvalue weighted by Crippen LogP contribution is 2.30. The second-order valence-corrected chi connectivity index (χ2v) is 9.25. The molecule has 4 rings (SSSR count). The van der Waals surface area contributed by atoms with Crippen LogP contribution in [0.3, 0.4) is 0 Å². The Morgan fingerprint density at radius 2 is 1.17 bits per heavy atom. The predicted molar refractivity (Wildman–Crippen MR) is 141 cm³/mol. The Morgan fingerprint density at radius 3 is 1.69 bits per heavy atom. The number of halogens is 1. The van der Waals surface area contributed by atoms with E-state index >= 15 is 0 Å². The van der Waals surface area contributed by atoms with Crippen molar-refractivity contribution in [2.24, 2.45) is 0 Å². The van der Waals surface area contributed by atoms with Crippen LogP contribution < -0.4 is 4.74 Å². The highest BCUT2D eigenvalue weighted by molar-refractivity contribution is 14.1. The zero-order chi connectivity index (χ0) is 24.5. The number of benzene rings is 3. The zero-order valence-corrected chi connectivity index (χ0v) is 21.8. The van der Waals surface area contributed by atoms with Crippen molar-refractivity contribution in [1.29, 1.82) is 0 Å². The van der Waals surface area contributed by atoms with Crippen molar-refractivity contribution >= 4 is 22.6 Å². The van der Waals surface area contributed by atoms with Gasteiger partial charge in [0.1, 0.15) is 24.1 Å². The molecule has 3 aromatic carbocycles. The molecule has 3 aromatic rings. The minimum absolute atomic E-state index is 0.292. The number of aliphatic hydroxyl groups excluding tert-OH is 1.